The predicted molar refractivity (Wildman–Crippen MR) is 152 cm³/mol. The van der Waals surface area contributed by atoms with Crippen molar-refractivity contribution in [1.82, 2.24) is 4.90 Å². The second-order valence-corrected chi connectivity index (χ2v) is 12.1. The number of cyclic esters (lactones) is 1. The zero-order valence-corrected chi connectivity index (χ0v) is 25.6. The Morgan fingerprint density at radius 3 is 1.89 bits per heavy atom. The Kier molecular flexibility index (Phi) is 10.7. The van der Waals surface area contributed by atoms with Crippen molar-refractivity contribution in [1.29, 1.82) is 0 Å². The molecule has 2 aliphatic rings. The van der Waals surface area contributed by atoms with Crippen LogP contribution in [0.1, 0.15) is 86.3 Å². The number of alkyl halides is 9. The number of hydrogen-bond acceptors (Lipinski definition) is 4. The quantitative estimate of drug-likeness (QED) is 0.253. The number of carboxylic acids is 1. The molecule has 0 spiro atoms. The van der Waals surface area contributed by atoms with Crippen LogP contribution in [0.3, 0.4) is 0 Å². The molecule has 4 rings (SSSR count). The number of hydrogen-bond donors (Lipinski definition) is 1. The van der Waals surface area contributed by atoms with Gasteiger partial charge in [0.15, 0.2) is 0 Å². The zero-order valence-electron chi connectivity index (χ0n) is 25.6. The lowest BCUT2D eigenvalue weighted by molar-refractivity contribution is -0.143. The molecule has 1 aliphatic carbocycles. The minimum atomic E-state index is -5.13. The molecule has 0 bridgehead atoms. The molecular weight excluding hydrogens is 647 g/mol. The Balaban J connectivity index is 1.66. The summed E-state index contributed by atoms with van der Waals surface area (Å²) < 4.78 is 128. The summed E-state index contributed by atoms with van der Waals surface area (Å²) >= 11 is 0. The van der Waals surface area contributed by atoms with E-state index < -0.39 is 71.5 Å². The molecule has 1 aliphatic heterocycles. The molecule has 1 saturated carbocycles. The topological polar surface area (TPSA) is 70.1 Å². The predicted octanol–water partition coefficient (Wildman–Crippen LogP) is 9.32. The maximum Gasteiger partial charge on any atom is 0.416 e. The normalized spacial score (nSPS) is 22.4. The Hall–Kier alpha value is -3.65. The summed E-state index contributed by atoms with van der Waals surface area (Å²) in [6, 6.07) is 2.94. The highest BCUT2D eigenvalue weighted by molar-refractivity contribution is 5.72. The lowest BCUT2D eigenvalue weighted by Gasteiger charge is -2.35. The van der Waals surface area contributed by atoms with Crippen molar-refractivity contribution in [2.45, 2.75) is 89.6 Å². The Bertz CT molecular complexity index is 1400. The van der Waals surface area contributed by atoms with E-state index in [0.717, 1.165) is 29.9 Å². The van der Waals surface area contributed by atoms with Crippen LogP contribution in [0.25, 0.3) is 0 Å². The molecule has 260 valence electrons. The van der Waals surface area contributed by atoms with Gasteiger partial charge in [-0.05, 0) is 98.4 Å². The third-order valence-corrected chi connectivity index (χ3v) is 8.95. The largest absolute Gasteiger partial charge is 0.481 e. The van der Waals surface area contributed by atoms with Gasteiger partial charge in [0.05, 0.1) is 29.3 Å². The van der Waals surface area contributed by atoms with Crippen molar-refractivity contribution in [3.05, 3.63) is 64.2 Å². The summed E-state index contributed by atoms with van der Waals surface area (Å²) in [4.78, 5) is 27.1. The Morgan fingerprint density at radius 2 is 1.40 bits per heavy atom. The van der Waals surface area contributed by atoms with Crippen LogP contribution in [0.15, 0.2) is 36.4 Å². The van der Waals surface area contributed by atoms with Crippen molar-refractivity contribution < 1.29 is 58.9 Å². The summed E-state index contributed by atoms with van der Waals surface area (Å²) in [6.07, 6.45) is -14.7. The second-order valence-electron chi connectivity index (χ2n) is 12.1. The van der Waals surface area contributed by atoms with Gasteiger partial charge < -0.3 is 14.7 Å². The van der Waals surface area contributed by atoms with Gasteiger partial charge in [-0.1, -0.05) is 6.92 Å². The van der Waals surface area contributed by atoms with Crippen molar-refractivity contribution in [3.63, 3.8) is 0 Å². The van der Waals surface area contributed by atoms with E-state index in [4.69, 9.17) is 9.84 Å². The minimum Gasteiger partial charge on any atom is -0.481 e. The van der Waals surface area contributed by atoms with Crippen LogP contribution >= 0.6 is 0 Å². The third kappa shape index (κ3) is 8.64. The summed E-state index contributed by atoms with van der Waals surface area (Å²) in [5.41, 5.74) is -4.22. The summed E-state index contributed by atoms with van der Waals surface area (Å²) in [5.74, 6) is -0.701. The van der Waals surface area contributed by atoms with Crippen LogP contribution in [0.2, 0.25) is 0 Å². The van der Waals surface area contributed by atoms with E-state index in [9.17, 15) is 49.1 Å². The molecule has 2 fully saturated rings. The molecule has 6 nitrogen and oxygen atoms in total. The molecule has 1 amide bonds. The monoisotopic (exact) mass is 682 g/mol. The van der Waals surface area contributed by atoms with Gasteiger partial charge in [-0.15, -0.1) is 0 Å². The van der Waals surface area contributed by atoms with Gasteiger partial charge in [0.25, 0.3) is 0 Å². The minimum absolute atomic E-state index is 0.0133. The number of aliphatic carboxylic acids is 1. The highest BCUT2D eigenvalue weighted by Gasteiger charge is 2.45. The maximum atomic E-state index is 13.8. The molecule has 0 unspecified atom stereocenters. The molecule has 2 aromatic rings. The molecule has 15 heteroatoms. The van der Waals surface area contributed by atoms with Crippen LogP contribution in [-0.4, -0.2) is 41.2 Å². The Morgan fingerprint density at radius 1 is 0.851 bits per heavy atom. The van der Waals surface area contributed by atoms with E-state index in [-0.39, 0.29) is 36.3 Å². The number of carboxylic acid groups (broad SMARTS) is 1. The van der Waals surface area contributed by atoms with Crippen molar-refractivity contribution in [2.24, 2.45) is 11.8 Å². The summed E-state index contributed by atoms with van der Waals surface area (Å²) in [7, 11) is 0. The van der Waals surface area contributed by atoms with Gasteiger partial charge in [-0.25, -0.2) is 4.79 Å². The highest BCUT2D eigenvalue weighted by atomic mass is 19.4. The number of halogens is 9. The number of amides is 1. The fourth-order valence-electron chi connectivity index (χ4n) is 6.56. The number of nitrogens with zero attached hydrogens (tertiary/aromatic N) is 2. The number of benzene rings is 2. The average molecular weight is 683 g/mol. The number of carbonyl (C=O) groups is 2. The van der Waals surface area contributed by atoms with Gasteiger partial charge in [0.1, 0.15) is 6.10 Å². The first-order valence-corrected chi connectivity index (χ1v) is 15.2. The van der Waals surface area contributed by atoms with Gasteiger partial charge in [0, 0.05) is 25.2 Å². The van der Waals surface area contributed by atoms with Gasteiger partial charge in [0.2, 0.25) is 0 Å². The van der Waals surface area contributed by atoms with E-state index >= 15 is 0 Å². The zero-order chi connectivity index (χ0) is 34.9. The van der Waals surface area contributed by atoms with E-state index in [0.29, 0.717) is 43.8 Å². The molecule has 47 heavy (non-hydrogen) atoms. The molecular formula is C32H35F9N2O4. The number of anilines is 1. The van der Waals surface area contributed by atoms with Crippen LogP contribution in [0, 0.1) is 11.8 Å². The summed E-state index contributed by atoms with van der Waals surface area (Å²) in [6.45, 7) is 3.72. The molecule has 2 aromatic carbocycles. The lowest BCUT2D eigenvalue weighted by Crippen LogP contribution is -2.36. The van der Waals surface area contributed by atoms with Crippen LogP contribution < -0.4 is 4.90 Å². The van der Waals surface area contributed by atoms with Crippen LogP contribution in [-0.2, 0) is 34.6 Å². The SMILES string of the molecule is CC[C@H]1[C@@H](c2cc(C(F)(F)F)cc(C(F)(F)F)c2)OC(=O)N1Cc1cc(C(F)(F)F)ccc1N(CC)CC1CCC(CC(=O)O)CC1. The van der Waals surface area contributed by atoms with Crippen LogP contribution in [0.4, 0.5) is 50.0 Å². The fourth-order valence-corrected chi connectivity index (χ4v) is 6.56. The average Bonchev–Trinajstić information content (AvgIpc) is 3.29. The van der Waals surface area contributed by atoms with E-state index in [2.05, 4.69) is 0 Å². The van der Waals surface area contributed by atoms with Crippen molar-refractivity contribution in [2.75, 3.05) is 18.0 Å². The summed E-state index contributed by atoms with van der Waals surface area (Å²) in [5, 5.41) is 9.10. The second kappa shape index (κ2) is 13.8. The molecule has 1 heterocycles. The number of carbonyl (C=O) groups excluding carboxylic acids is 1. The van der Waals surface area contributed by atoms with E-state index in [1.807, 2.05) is 4.90 Å². The molecule has 1 N–H and O–H groups in total. The van der Waals surface area contributed by atoms with Gasteiger partial charge >= 0.3 is 30.6 Å². The third-order valence-electron chi connectivity index (χ3n) is 8.95. The van der Waals surface area contributed by atoms with Gasteiger partial charge in [-0.3, -0.25) is 9.69 Å². The van der Waals surface area contributed by atoms with Gasteiger partial charge in [-0.2, -0.15) is 39.5 Å². The number of rotatable bonds is 10. The lowest BCUT2D eigenvalue weighted by atomic mass is 9.80. The highest BCUT2D eigenvalue weighted by Crippen LogP contribution is 2.43. The van der Waals surface area contributed by atoms with Crippen LogP contribution in [0.5, 0.6) is 0 Å². The van der Waals surface area contributed by atoms with Crippen molar-refractivity contribution in [3.8, 4) is 0 Å². The van der Waals surface area contributed by atoms with E-state index in [1.54, 1.807) is 6.92 Å². The number of ether oxygens (including phenoxy) is 1. The first-order chi connectivity index (χ1) is 21.8. The smallest absolute Gasteiger partial charge is 0.416 e. The Labute approximate surface area is 265 Å². The van der Waals surface area contributed by atoms with Crippen molar-refractivity contribution >= 4 is 17.7 Å². The molecule has 0 aromatic heterocycles. The van der Waals surface area contributed by atoms with E-state index in [1.165, 1.54) is 13.0 Å². The fraction of sp³-hybridized carbons (Fsp3) is 0.562. The molecule has 2 atom stereocenters. The molecule has 0 radical (unpaired) electrons. The first kappa shape index (κ1) is 36.2. The first-order valence-electron chi connectivity index (χ1n) is 15.2. The standard InChI is InChI=1S/C32H35F9N2O4/c1-3-25-28(20-12-23(31(36,37)38)15-24(13-20)32(39,40)41)47-29(46)43(25)17-21-14-22(30(33,34)35)9-10-26(21)42(4-2)16-19-7-5-18(6-8-19)11-27(44)45/h9-10,12-15,18-19,25,28H,3-8,11,16-17H2,1-2H3,(H,44,45)/t18?,19?,25-,28+/m0/s1. The molecule has 1 saturated heterocycles. The maximum absolute atomic E-state index is 13.8.